The molecular formula is C27H31N5O2. The second kappa shape index (κ2) is 8.17. The Bertz CT molecular complexity index is 1400. The fraction of sp³-hybridized carbons (Fsp3) is 0.407. The number of nitrogens with zero attached hydrogens (tertiary/aromatic N) is 4. The van der Waals surface area contributed by atoms with Crippen LogP contribution in [0.15, 0.2) is 42.6 Å². The molecule has 1 saturated carbocycles. The second-order valence-corrected chi connectivity index (χ2v) is 9.85. The molecule has 1 saturated heterocycles. The van der Waals surface area contributed by atoms with Crippen LogP contribution >= 0.6 is 0 Å². The first-order chi connectivity index (χ1) is 16.5. The molecule has 7 heteroatoms. The molecule has 1 amide bonds. The molecule has 4 heterocycles. The minimum atomic E-state index is 0.0368. The highest BCUT2D eigenvalue weighted by Crippen LogP contribution is 2.37. The molecule has 1 aliphatic heterocycles. The third-order valence-corrected chi connectivity index (χ3v) is 7.35. The smallest absolute Gasteiger partial charge is 0.254 e. The highest BCUT2D eigenvalue weighted by molar-refractivity contribution is 5.95. The number of amides is 1. The van der Waals surface area contributed by atoms with E-state index in [-0.39, 0.29) is 11.9 Å². The summed E-state index contributed by atoms with van der Waals surface area (Å²) in [5, 5.41) is 1.19. The summed E-state index contributed by atoms with van der Waals surface area (Å²) in [6.45, 7) is 4.47. The molecule has 3 aromatic heterocycles. The third-order valence-electron chi connectivity index (χ3n) is 7.35. The summed E-state index contributed by atoms with van der Waals surface area (Å²) in [5.74, 6) is 1.62. The number of carbonyl (C=O) groups excluding carboxylic acids is 1. The Balaban J connectivity index is 1.42. The van der Waals surface area contributed by atoms with Gasteiger partial charge in [-0.05, 0) is 68.9 Å². The molecule has 176 valence electrons. The van der Waals surface area contributed by atoms with Crippen molar-refractivity contribution < 1.29 is 9.53 Å². The van der Waals surface area contributed by atoms with Crippen LogP contribution in [-0.4, -0.2) is 51.0 Å². The number of methoxy groups -OCH3 is 1. The Kier molecular flexibility index (Phi) is 5.10. The van der Waals surface area contributed by atoms with Gasteiger partial charge in [0, 0.05) is 54.6 Å². The molecule has 2 aliphatic rings. The molecule has 0 unspecified atom stereocenters. The summed E-state index contributed by atoms with van der Waals surface area (Å²) in [4.78, 5) is 20.0. The van der Waals surface area contributed by atoms with E-state index in [1.165, 1.54) is 23.7 Å². The summed E-state index contributed by atoms with van der Waals surface area (Å²) in [5.41, 5.74) is 11.9. The van der Waals surface area contributed by atoms with Crippen LogP contribution in [0.4, 0.5) is 0 Å². The van der Waals surface area contributed by atoms with Crippen LogP contribution in [0, 0.1) is 12.8 Å². The third kappa shape index (κ3) is 3.64. The summed E-state index contributed by atoms with van der Waals surface area (Å²) in [6.07, 6.45) is 6.46. The topological polar surface area (TPSA) is 77.8 Å². The van der Waals surface area contributed by atoms with Gasteiger partial charge in [0.25, 0.3) is 5.91 Å². The monoisotopic (exact) mass is 457 g/mol. The van der Waals surface area contributed by atoms with Crippen LogP contribution in [0.25, 0.3) is 27.9 Å². The van der Waals surface area contributed by atoms with Gasteiger partial charge in [0.1, 0.15) is 17.1 Å². The van der Waals surface area contributed by atoms with E-state index >= 15 is 0 Å². The predicted molar refractivity (Wildman–Crippen MR) is 133 cm³/mol. The summed E-state index contributed by atoms with van der Waals surface area (Å²) in [7, 11) is 1.71. The van der Waals surface area contributed by atoms with Gasteiger partial charge in [-0.25, -0.2) is 4.98 Å². The van der Waals surface area contributed by atoms with Crippen LogP contribution in [-0.2, 0) is 6.54 Å². The lowest BCUT2D eigenvalue weighted by Gasteiger charge is -2.30. The average Bonchev–Trinajstić information content (AvgIpc) is 3.53. The number of piperidine rings is 1. The van der Waals surface area contributed by atoms with Crippen LogP contribution in [0.1, 0.15) is 41.7 Å². The van der Waals surface area contributed by atoms with E-state index in [0.717, 1.165) is 60.3 Å². The summed E-state index contributed by atoms with van der Waals surface area (Å²) < 4.78 is 9.97. The zero-order valence-corrected chi connectivity index (χ0v) is 19.8. The number of imidazole rings is 1. The van der Waals surface area contributed by atoms with Crippen molar-refractivity contribution in [2.75, 3.05) is 20.2 Å². The van der Waals surface area contributed by atoms with Crippen LogP contribution in [0.2, 0.25) is 0 Å². The highest BCUT2D eigenvalue weighted by Gasteiger charge is 2.26. The number of likely N-dealkylation sites (tertiary alicyclic amines) is 1. The first-order valence-electron chi connectivity index (χ1n) is 12.2. The summed E-state index contributed by atoms with van der Waals surface area (Å²) in [6, 6.07) is 12.4. The predicted octanol–water partition coefficient (Wildman–Crippen LogP) is 4.25. The minimum absolute atomic E-state index is 0.0368. The molecule has 1 atom stereocenters. The number of aromatic nitrogens is 3. The molecule has 7 nitrogen and oxygen atoms in total. The maximum absolute atomic E-state index is 13.1. The van der Waals surface area contributed by atoms with Gasteiger partial charge >= 0.3 is 0 Å². The quantitative estimate of drug-likeness (QED) is 0.486. The number of rotatable bonds is 5. The highest BCUT2D eigenvalue weighted by atomic mass is 16.5. The van der Waals surface area contributed by atoms with Gasteiger partial charge in [-0.15, -0.1) is 0 Å². The van der Waals surface area contributed by atoms with Crippen molar-refractivity contribution in [1.82, 2.24) is 18.9 Å². The van der Waals surface area contributed by atoms with Gasteiger partial charge in [0.2, 0.25) is 0 Å². The molecule has 0 bridgehead atoms. The molecule has 2 fully saturated rings. The van der Waals surface area contributed by atoms with Gasteiger partial charge in [-0.1, -0.05) is 0 Å². The van der Waals surface area contributed by atoms with Crippen molar-refractivity contribution in [3.8, 4) is 17.1 Å². The lowest BCUT2D eigenvalue weighted by Crippen LogP contribution is -2.45. The number of pyridine rings is 1. The second-order valence-electron chi connectivity index (χ2n) is 9.85. The molecular weight excluding hydrogens is 426 g/mol. The molecule has 4 aromatic rings. The number of fused-ring (bicyclic) bond motifs is 2. The Morgan fingerprint density at radius 3 is 2.79 bits per heavy atom. The minimum Gasteiger partial charge on any atom is -0.497 e. The van der Waals surface area contributed by atoms with Crippen molar-refractivity contribution in [2.45, 2.75) is 45.2 Å². The SMILES string of the molecule is COc1ccc2cc(-c3nc4cc(C(=O)N5CCC[C@@H](N)C5)ccn4c3C)n(CC3CC3)c2c1. The maximum Gasteiger partial charge on any atom is 0.254 e. The van der Waals surface area contributed by atoms with Gasteiger partial charge in [-0.2, -0.15) is 0 Å². The fourth-order valence-electron chi connectivity index (χ4n) is 5.23. The van der Waals surface area contributed by atoms with E-state index in [1.807, 2.05) is 29.3 Å². The maximum atomic E-state index is 13.1. The van der Waals surface area contributed by atoms with E-state index < -0.39 is 0 Å². The van der Waals surface area contributed by atoms with E-state index in [1.54, 1.807) is 7.11 Å². The molecule has 0 radical (unpaired) electrons. The fourth-order valence-corrected chi connectivity index (χ4v) is 5.23. The van der Waals surface area contributed by atoms with Gasteiger partial charge < -0.3 is 24.3 Å². The zero-order valence-electron chi connectivity index (χ0n) is 19.8. The van der Waals surface area contributed by atoms with Gasteiger partial charge in [-0.3, -0.25) is 4.79 Å². The number of carbonyl (C=O) groups is 1. The van der Waals surface area contributed by atoms with Gasteiger partial charge in [0.15, 0.2) is 0 Å². The van der Waals surface area contributed by atoms with Crippen LogP contribution < -0.4 is 10.5 Å². The van der Waals surface area contributed by atoms with E-state index in [2.05, 4.69) is 34.1 Å². The first-order valence-corrected chi connectivity index (χ1v) is 12.2. The van der Waals surface area contributed by atoms with E-state index in [9.17, 15) is 4.79 Å². The lowest BCUT2D eigenvalue weighted by molar-refractivity contribution is 0.0709. The Morgan fingerprint density at radius 2 is 2.03 bits per heavy atom. The average molecular weight is 458 g/mol. The van der Waals surface area contributed by atoms with E-state index in [4.69, 9.17) is 15.5 Å². The standard InChI is InChI=1S/C27H31N5O2/c1-17-26(24-12-19-7-8-22(34-2)14-23(19)32(24)15-18-5-6-18)29-25-13-20(9-11-31(17)25)27(33)30-10-3-4-21(28)16-30/h7-9,11-14,18,21H,3-6,10,15-16,28H2,1-2H3/t21-/m1/s1. The van der Waals surface area contributed by atoms with Crippen molar-refractivity contribution in [3.05, 3.63) is 53.9 Å². The molecule has 2 N–H and O–H groups in total. The number of nitrogens with two attached hydrogens (primary N) is 1. The number of benzene rings is 1. The lowest BCUT2D eigenvalue weighted by atomic mass is 10.1. The largest absolute Gasteiger partial charge is 0.497 e. The zero-order chi connectivity index (χ0) is 23.4. The Hall–Kier alpha value is -3.32. The Labute approximate surface area is 199 Å². The van der Waals surface area contributed by atoms with Crippen molar-refractivity contribution in [2.24, 2.45) is 11.7 Å². The number of aryl methyl sites for hydroxylation is 1. The van der Waals surface area contributed by atoms with Crippen LogP contribution in [0.5, 0.6) is 5.75 Å². The number of hydrogen-bond acceptors (Lipinski definition) is 4. The number of ether oxygens (including phenoxy) is 1. The molecule has 1 aromatic carbocycles. The first kappa shape index (κ1) is 21.2. The van der Waals surface area contributed by atoms with E-state index in [0.29, 0.717) is 12.1 Å². The molecule has 1 aliphatic carbocycles. The molecule has 6 rings (SSSR count). The van der Waals surface area contributed by atoms with Crippen molar-refractivity contribution in [1.29, 1.82) is 0 Å². The summed E-state index contributed by atoms with van der Waals surface area (Å²) >= 11 is 0. The number of hydrogen-bond donors (Lipinski definition) is 1. The van der Waals surface area contributed by atoms with Gasteiger partial charge in [0.05, 0.1) is 18.3 Å². The Morgan fingerprint density at radius 1 is 1.18 bits per heavy atom. The molecule has 34 heavy (non-hydrogen) atoms. The van der Waals surface area contributed by atoms with Crippen LogP contribution in [0.3, 0.4) is 0 Å². The molecule has 0 spiro atoms. The van der Waals surface area contributed by atoms with Crippen molar-refractivity contribution >= 4 is 22.5 Å². The van der Waals surface area contributed by atoms with Crippen molar-refractivity contribution in [3.63, 3.8) is 0 Å². The normalized spacial score (nSPS) is 18.7.